The standard InChI is InChI=1S/C11H18O3/c1-4-6-7-8-10(3)14-11(12)13-9-5-2/h2,10H,4,6-9H2,1,3H3. The van der Waals surface area contributed by atoms with E-state index < -0.39 is 6.16 Å². The Morgan fingerprint density at radius 1 is 1.50 bits per heavy atom. The van der Waals surface area contributed by atoms with Gasteiger partial charge in [0.05, 0.1) is 0 Å². The maximum atomic E-state index is 10.9. The van der Waals surface area contributed by atoms with Crippen molar-refractivity contribution in [3.63, 3.8) is 0 Å². The number of carbonyl (C=O) groups is 1. The predicted molar refractivity (Wildman–Crippen MR) is 54.9 cm³/mol. The fourth-order valence-corrected chi connectivity index (χ4v) is 1.04. The normalized spacial score (nSPS) is 11.5. The van der Waals surface area contributed by atoms with E-state index in [2.05, 4.69) is 17.6 Å². The van der Waals surface area contributed by atoms with Gasteiger partial charge >= 0.3 is 6.16 Å². The Balaban J connectivity index is 3.46. The minimum atomic E-state index is -0.674. The van der Waals surface area contributed by atoms with Crippen molar-refractivity contribution < 1.29 is 14.3 Å². The summed E-state index contributed by atoms with van der Waals surface area (Å²) < 4.78 is 9.51. The van der Waals surface area contributed by atoms with Gasteiger partial charge in [-0.25, -0.2) is 4.79 Å². The minimum Gasteiger partial charge on any atom is -0.431 e. The van der Waals surface area contributed by atoms with Crippen molar-refractivity contribution in [1.29, 1.82) is 0 Å². The molecule has 0 saturated carbocycles. The van der Waals surface area contributed by atoms with Crippen LogP contribution in [-0.2, 0) is 9.47 Å². The van der Waals surface area contributed by atoms with Crippen LogP contribution in [0.5, 0.6) is 0 Å². The van der Waals surface area contributed by atoms with Crippen molar-refractivity contribution in [3.8, 4) is 12.3 Å². The predicted octanol–water partition coefficient (Wildman–Crippen LogP) is 2.74. The molecule has 1 unspecified atom stereocenters. The number of terminal acetylenes is 1. The van der Waals surface area contributed by atoms with Gasteiger partial charge in [-0.3, -0.25) is 0 Å². The van der Waals surface area contributed by atoms with Crippen LogP contribution in [0, 0.1) is 12.3 Å². The molecule has 80 valence electrons. The molecule has 0 N–H and O–H groups in total. The van der Waals surface area contributed by atoms with Gasteiger partial charge in [0, 0.05) is 0 Å². The zero-order chi connectivity index (χ0) is 10.8. The quantitative estimate of drug-likeness (QED) is 0.374. The molecule has 0 heterocycles. The van der Waals surface area contributed by atoms with E-state index in [9.17, 15) is 4.79 Å². The van der Waals surface area contributed by atoms with E-state index in [0.717, 1.165) is 25.7 Å². The number of rotatable bonds is 6. The molecule has 0 aliphatic rings. The lowest BCUT2D eigenvalue weighted by molar-refractivity contribution is 0.0333. The van der Waals surface area contributed by atoms with Gasteiger partial charge in [-0.15, -0.1) is 6.42 Å². The highest BCUT2D eigenvalue weighted by molar-refractivity contribution is 5.60. The van der Waals surface area contributed by atoms with Crippen molar-refractivity contribution in [2.24, 2.45) is 0 Å². The molecule has 0 aliphatic carbocycles. The summed E-state index contributed by atoms with van der Waals surface area (Å²) in [5, 5.41) is 0. The number of carbonyl (C=O) groups excluding carboxylic acids is 1. The van der Waals surface area contributed by atoms with Gasteiger partial charge in [-0.05, 0) is 19.8 Å². The van der Waals surface area contributed by atoms with Gasteiger partial charge in [0.15, 0.2) is 6.61 Å². The summed E-state index contributed by atoms with van der Waals surface area (Å²) in [6.45, 7) is 3.96. The van der Waals surface area contributed by atoms with Gasteiger partial charge in [-0.2, -0.15) is 0 Å². The Morgan fingerprint density at radius 2 is 2.21 bits per heavy atom. The Bertz CT molecular complexity index is 193. The second kappa shape index (κ2) is 8.43. The zero-order valence-electron chi connectivity index (χ0n) is 8.91. The second-order valence-corrected chi connectivity index (χ2v) is 3.17. The van der Waals surface area contributed by atoms with Crippen LogP contribution in [0.1, 0.15) is 39.5 Å². The molecular weight excluding hydrogens is 180 g/mol. The third-order valence-electron chi connectivity index (χ3n) is 1.78. The van der Waals surface area contributed by atoms with E-state index in [-0.39, 0.29) is 12.7 Å². The monoisotopic (exact) mass is 198 g/mol. The van der Waals surface area contributed by atoms with Gasteiger partial charge in [0.25, 0.3) is 0 Å². The summed E-state index contributed by atoms with van der Waals surface area (Å²) in [7, 11) is 0. The number of hydrogen-bond acceptors (Lipinski definition) is 3. The minimum absolute atomic E-state index is 0.0273. The molecule has 0 rings (SSSR count). The van der Waals surface area contributed by atoms with Gasteiger partial charge in [0.1, 0.15) is 6.10 Å². The lowest BCUT2D eigenvalue weighted by Crippen LogP contribution is -2.16. The Kier molecular flexibility index (Phi) is 7.72. The first-order valence-corrected chi connectivity index (χ1v) is 4.97. The highest BCUT2D eigenvalue weighted by Gasteiger charge is 2.09. The van der Waals surface area contributed by atoms with Crippen molar-refractivity contribution in [2.45, 2.75) is 45.6 Å². The van der Waals surface area contributed by atoms with Crippen LogP contribution < -0.4 is 0 Å². The summed E-state index contributed by atoms with van der Waals surface area (Å²) in [5.41, 5.74) is 0. The van der Waals surface area contributed by atoms with Crippen LogP contribution in [0.25, 0.3) is 0 Å². The zero-order valence-corrected chi connectivity index (χ0v) is 8.91. The van der Waals surface area contributed by atoms with E-state index in [1.807, 2.05) is 6.92 Å². The lowest BCUT2D eigenvalue weighted by Gasteiger charge is -2.11. The van der Waals surface area contributed by atoms with Gasteiger partial charge in [-0.1, -0.05) is 25.7 Å². The Hall–Kier alpha value is -1.17. The maximum Gasteiger partial charge on any atom is 0.509 e. The molecule has 0 aromatic heterocycles. The molecule has 0 saturated heterocycles. The fraction of sp³-hybridized carbons (Fsp3) is 0.727. The van der Waals surface area contributed by atoms with Crippen LogP contribution in [0.3, 0.4) is 0 Å². The third-order valence-corrected chi connectivity index (χ3v) is 1.78. The first-order valence-electron chi connectivity index (χ1n) is 4.97. The molecule has 0 fully saturated rings. The molecular formula is C11H18O3. The Morgan fingerprint density at radius 3 is 2.79 bits per heavy atom. The van der Waals surface area contributed by atoms with E-state index >= 15 is 0 Å². The second-order valence-electron chi connectivity index (χ2n) is 3.17. The van der Waals surface area contributed by atoms with Crippen LogP contribution in [0.4, 0.5) is 4.79 Å². The molecule has 0 bridgehead atoms. The highest BCUT2D eigenvalue weighted by Crippen LogP contribution is 2.06. The van der Waals surface area contributed by atoms with E-state index in [1.54, 1.807) is 0 Å². The summed E-state index contributed by atoms with van der Waals surface area (Å²) in [5.74, 6) is 2.20. The van der Waals surface area contributed by atoms with E-state index in [1.165, 1.54) is 0 Å². The largest absolute Gasteiger partial charge is 0.509 e. The molecule has 3 nitrogen and oxygen atoms in total. The molecule has 0 aromatic rings. The molecule has 14 heavy (non-hydrogen) atoms. The van der Waals surface area contributed by atoms with Crippen molar-refractivity contribution in [2.75, 3.05) is 6.61 Å². The lowest BCUT2D eigenvalue weighted by atomic mass is 10.1. The fourth-order valence-electron chi connectivity index (χ4n) is 1.04. The number of ether oxygens (including phenoxy) is 2. The first-order chi connectivity index (χ1) is 6.70. The maximum absolute atomic E-state index is 10.9. The molecule has 3 heteroatoms. The molecule has 1 atom stereocenters. The van der Waals surface area contributed by atoms with Crippen molar-refractivity contribution in [1.82, 2.24) is 0 Å². The van der Waals surface area contributed by atoms with Crippen LogP contribution in [0.2, 0.25) is 0 Å². The summed E-state index contributed by atoms with van der Waals surface area (Å²) in [6, 6.07) is 0. The summed E-state index contributed by atoms with van der Waals surface area (Å²) in [6.07, 6.45) is 8.42. The average Bonchev–Trinajstić information content (AvgIpc) is 2.15. The van der Waals surface area contributed by atoms with Crippen LogP contribution >= 0.6 is 0 Å². The summed E-state index contributed by atoms with van der Waals surface area (Å²) in [4.78, 5) is 10.9. The summed E-state index contributed by atoms with van der Waals surface area (Å²) >= 11 is 0. The number of unbranched alkanes of at least 4 members (excludes halogenated alkanes) is 2. The van der Waals surface area contributed by atoms with Gasteiger partial charge in [0.2, 0.25) is 0 Å². The highest BCUT2D eigenvalue weighted by atomic mass is 16.7. The molecule has 0 radical (unpaired) electrons. The molecule has 0 aromatic carbocycles. The van der Waals surface area contributed by atoms with Gasteiger partial charge < -0.3 is 9.47 Å². The SMILES string of the molecule is C#CCOC(=O)OC(C)CCCCC. The van der Waals surface area contributed by atoms with Crippen molar-refractivity contribution >= 4 is 6.16 Å². The molecule has 0 aliphatic heterocycles. The van der Waals surface area contributed by atoms with Crippen LogP contribution in [0.15, 0.2) is 0 Å². The van der Waals surface area contributed by atoms with Crippen molar-refractivity contribution in [3.05, 3.63) is 0 Å². The smallest absolute Gasteiger partial charge is 0.431 e. The third kappa shape index (κ3) is 7.48. The topological polar surface area (TPSA) is 35.5 Å². The van der Waals surface area contributed by atoms with E-state index in [4.69, 9.17) is 11.2 Å². The molecule has 0 amide bonds. The number of hydrogen-bond donors (Lipinski definition) is 0. The Labute approximate surface area is 85.8 Å². The molecule has 0 spiro atoms. The first kappa shape index (κ1) is 12.8. The van der Waals surface area contributed by atoms with Crippen LogP contribution in [-0.4, -0.2) is 18.9 Å². The van der Waals surface area contributed by atoms with E-state index in [0.29, 0.717) is 0 Å². The average molecular weight is 198 g/mol.